The highest BCUT2D eigenvalue weighted by atomic mass is 16.5. The molecule has 0 aromatic carbocycles. The molecule has 7 heteroatoms. The summed E-state index contributed by atoms with van der Waals surface area (Å²) in [5, 5.41) is 11.5. The lowest BCUT2D eigenvalue weighted by Gasteiger charge is -2.47. The second kappa shape index (κ2) is 5.97. The number of urea groups is 1. The van der Waals surface area contributed by atoms with Crippen molar-refractivity contribution in [3.05, 3.63) is 0 Å². The van der Waals surface area contributed by atoms with E-state index in [2.05, 4.69) is 17.3 Å². The van der Waals surface area contributed by atoms with Gasteiger partial charge in [-0.2, -0.15) is 0 Å². The predicted octanol–water partition coefficient (Wildman–Crippen LogP) is -0.0343. The maximum Gasteiger partial charge on any atom is 0.329 e. The topological polar surface area (TPSA) is 82.1 Å². The molecule has 2 heterocycles. The molecule has 0 spiro atoms. The Morgan fingerprint density at radius 3 is 2.70 bits per heavy atom. The van der Waals surface area contributed by atoms with Gasteiger partial charge in [-0.05, 0) is 33.4 Å². The third kappa shape index (κ3) is 3.61. The van der Waals surface area contributed by atoms with E-state index in [1.165, 1.54) is 6.42 Å². The molecule has 1 atom stereocenters. The largest absolute Gasteiger partial charge is 0.480 e. The summed E-state index contributed by atoms with van der Waals surface area (Å²) in [4.78, 5) is 26.3. The molecule has 0 bridgehead atoms. The van der Waals surface area contributed by atoms with E-state index in [9.17, 15) is 9.59 Å². The number of nitrogens with zero attached hydrogens (tertiary/aromatic N) is 2. The van der Waals surface area contributed by atoms with Gasteiger partial charge >= 0.3 is 12.0 Å². The number of amides is 2. The number of likely N-dealkylation sites (tertiary alicyclic amines) is 2. The van der Waals surface area contributed by atoms with Gasteiger partial charge in [0.1, 0.15) is 12.2 Å². The fraction of sp³-hybridized carbons (Fsp3) is 0.846. The minimum atomic E-state index is -0.988. The van der Waals surface area contributed by atoms with E-state index in [1.54, 1.807) is 4.90 Å². The summed E-state index contributed by atoms with van der Waals surface area (Å²) in [5.41, 5.74) is -0.528. The van der Waals surface area contributed by atoms with Gasteiger partial charge in [-0.3, -0.25) is 0 Å². The Hall–Kier alpha value is -1.34. The van der Waals surface area contributed by atoms with E-state index in [0.717, 1.165) is 13.0 Å². The van der Waals surface area contributed by atoms with Crippen LogP contribution < -0.4 is 5.32 Å². The average molecular weight is 285 g/mol. The van der Waals surface area contributed by atoms with Crippen molar-refractivity contribution in [2.45, 2.75) is 31.4 Å². The van der Waals surface area contributed by atoms with Gasteiger partial charge in [0.05, 0.1) is 13.1 Å². The van der Waals surface area contributed by atoms with Crippen LogP contribution >= 0.6 is 0 Å². The van der Waals surface area contributed by atoms with Gasteiger partial charge in [0.2, 0.25) is 0 Å². The lowest BCUT2D eigenvalue weighted by Crippen LogP contribution is -2.65. The number of aliphatic carboxylic acids is 1. The van der Waals surface area contributed by atoms with E-state index in [4.69, 9.17) is 9.84 Å². The first-order valence-corrected chi connectivity index (χ1v) is 6.98. The molecule has 0 radical (unpaired) electrons. The molecule has 2 rings (SSSR count). The van der Waals surface area contributed by atoms with Gasteiger partial charge in [-0.15, -0.1) is 0 Å². The second-order valence-electron chi connectivity index (χ2n) is 5.95. The molecule has 2 amide bonds. The van der Waals surface area contributed by atoms with E-state index in [-0.39, 0.29) is 12.6 Å². The Morgan fingerprint density at radius 1 is 1.45 bits per heavy atom. The SMILES string of the molecule is CN1CCCC1CNC(=O)N1CC(C)(OCC(=O)O)C1. The molecule has 0 aromatic rings. The van der Waals surface area contributed by atoms with Crippen LogP contribution in [-0.4, -0.2) is 78.4 Å². The number of ether oxygens (including phenoxy) is 1. The molecule has 2 aliphatic heterocycles. The van der Waals surface area contributed by atoms with Crippen LogP contribution in [0.15, 0.2) is 0 Å². The summed E-state index contributed by atoms with van der Waals surface area (Å²) in [6.45, 7) is 4.13. The Kier molecular flexibility index (Phi) is 4.49. The number of carboxylic acids is 1. The van der Waals surface area contributed by atoms with Crippen LogP contribution in [0.1, 0.15) is 19.8 Å². The van der Waals surface area contributed by atoms with Gasteiger partial charge in [-0.1, -0.05) is 0 Å². The number of rotatable bonds is 5. The van der Waals surface area contributed by atoms with E-state index < -0.39 is 11.6 Å². The highest BCUT2D eigenvalue weighted by Gasteiger charge is 2.42. The van der Waals surface area contributed by atoms with Crippen LogP contribution in [0.5, 0.6) is 0 Å². The Morgan fingerprint density at radius 2 is 2.15 bits per heavy atom. The van der Waals surface area contributed by atoms with Crippen LogP contribution in [0, 0.1) is 0 Å². The van der Waals surface area contributed by atoms with Crippen molar-refractivity contribution < 1.29 is 19.4 Å². The van der Waals surface area contributed by atoms with E-state index in [0.29, 0.717) is 25.7 Å². The number of likely N-dealkylation sites (N-methyl/N-ethyl adjacent to an activating group) is 1. The quantitative estimate of drug-likeness (QED) is 0.741. The number of carboxylic acid groups (broad SMARTS) is 1. The maximum absolute atomic E-state index is 11.9. The van der Waals surface area contributed by atoms with Crippen LogP contribution in [0.25, 0.3) is 0 Å². The highest BCUT2D eigenvalue weighted by Crippen LogP contribution is 2.24. The van der Waals surface area contributed by atoms with Gasteiger partial charge in [0, 0.05) is 12.6 Å². The monoisotopic (exact) mass is 285 g/mol. The first kappa shape index (κ1) is 15.1. The summed E-state index contributed by atoms with van der Waals surface area (Å²) >= 11 is 0. The van der Waals surface area contributed by atoms with Gasteiger partial charge < -0.3 is 25.0 Å². The normalized spacial score (nSPS) is 25.3. The number of hydrogen-bond donors (Lipinski definition) is 2. The Labute approximate surface area is 118 Å². The van der Waals surface area contributed by atoms with Crippen LogP contribution in [0.4, 0.5) is 4.79 Å². The molecule has 0 aromatic heterocycles. The van der Waals surface area contributed by atoms with Crippen molar-refractivity contribution in [3.63, 3.8) is 0 Å². The fourth-order valence-electron chi connectivity index (χ4n) is 2.79. The lowest BCUT2D eigenvalue weighted by molar-refractivity contribution is -0.159. The summed E-state index contributed by atoms with van der Waals surface area (Å²) < 4.78 is 5.27. The zero-order chi connectivity index (χ0) is 14.8. The molecule has 2 fully saturated rings. The smallest absolute Gasteiger partial charge is 0.329 e. The Balaban J connectivity index is 1.67. The molecule has 2 aliphatic rings. The summed E-state index contributed by atoms with van der Waals surface area (Å²) in [5.74, 6) is -0.988. The fourth-order valence-corrected chi connectivity index (χ4v) is 2.79. The van der Waals surface area contributed by atoms with Crippen molar-refractivity contribution in [1.82, 2.24) is 15.1 Å². The molecule has 20 heavy (non-hydrogen) atoms. The van der Waals surface area contributed by atoms with Crippen LogP contribution in [-0.2, 0) is 9.53 Å². The van der Waals surface area contributed by atoms with Crippen molar-refractivity contribution >= 4 is 12.0 Å². The third-order valence-electron chi connectivity index (χ3n) is 4.04. The van der Waals surface area contributed by atoms with Gasteiger partial charge in [0.15, 0.2) is 0 Å². The molecular formula is C13H23N3O4. The lowest BCUT2D eigenvalue weighted by atomic mass is 9.97. The van der Waals surface area contributed by atoms with E-state index in [1.807, 2.05) is 6.92 Å². The molecular weight excluding hydrogens is 262 g/mol. The van der Waals surface area contributed by atoms with Gasteiger partial charge in [0.25, 0.3) is 0 Å². The first-order chi connectivity index (χ1) is 9.39. The van der Waals surface area contributed by atoms with E-state index >= 15 is 0 Å². The first-order valence-electron chi connectivity index (χ1n) is 6.98. The minimum Gasteiger partial charge on any atom is -0.480 e. The number of nitrogens with one attached hydrogen (secondary N) is 1. The van der Waals surface area contributed by atoms with Crippen LogP contribution in [0.2, 0.25) is 0 Å². The summed E-state index contributed by atoms with van der Waals surface area (Å²) in [7, 11) is 2.07. The molecule has 114 valence electrons. The van der Waals surface area contributed by atoms with Crippen molar-refractivity contribution in [2.24, 2.45) is 0 Å². The summed E-state index contributed by atoms with van der Waals surface area (Å²) in [6.07, 6.45) is 2.30. The average Bonchev–Trinajstić information content (AvgIpc) is 2.75. The highest BCUT2D eigenvalue weighted by molar-refractivity contribution is 5.75. The zero-order valence-electron chi connectivity index (χ0n) is 12.1. The standard InChI is InChI=1S/C13H23N3O4/c1-13(20-7-11(17)18)8-16(9-13)12(19)14-6-10-4-3-5-15(10)2/h10H,3-9H2,1-2H3,(H,14,19)(H,17,18). The maximum atomic E-state index is 11.9. The zero-order valence-corrected chi connectivity index (χ0v) is 12.1. The minimum absolute atomic E-state index is 0.0956. The molecule has 7 nitrogen and oxygen atoms in total. The van der Waals surface area contributed by atoms with Crippen LogP contribution in [0.3, 0.4) is 0 Å². The summed E-state index contributed by atoms with van der Waals surface area (Å²) in [6, 6.07) is 0.330. The molecule has 2 saturated heterocycles. The van der Waals surface area contributed by atoms with Gasteiger partial charge in [-0.25, -0.2) is 9.59 Å². The van der Waals surface area contributed by atoms with Crippen molar-refractivity contribution in [2.75, 3.05) is 39.8 Å². The number of carbonyl (C=O) groups excluding carboxylic acids is 1. The predicted molar refractivity (Wildman–Crippen MR) is 72.6 cm³/mol. The number of hydrogen-bond acceptors (Lipinski definition) is 4. The number of carbonyl (C=O) groups is 2. The van der Waals surface area contributed by atoms with Crippen molar-refractivity contribution in [1.29, 1.82) is 0 Å². The molecule has 1 unspecified atom stereocenters. The molecule has 0 saturated carbocycles. The Bertz CT molecular complexity index is 382. The molecule has 2 N–H and O–H groups in total. The second-order valence-corrected chi connectivity index (χ2v) is 5.95. The molecule has 0 aliphatic carbocycles. The van der Waals surface area contributed by atoms with Crippen molar-refractivity contribution in [3.8, 4) is 0 Å². The third-order valence-corrected chi connectivity index (χ3v) is 4.04.